The molecular formula is C15H22INO4. The van der Waals surface area contributed by atoms with E-state index in [-0.39, 0.29) is 12.2 Å². The van der Waals surface area contributed by atoms with Crippen LogP contribution in [0.3, 0.4) is 0 Å². The summed E-state index contributed by atoms with van der Waals surface area (Å²) in [6, 6.07) is 2.71. The monoisotopic (exact) mass is 407 g/mol. The number of rotatable bonds is 6. The van der Waals surface area contributed by atoms with Crippen LogP contribution in [0.1, 0.15) is 39.3 Å². The number of methoxy groups -OCH3 is 1. The van der Waals surface area contributed by atoms with Crippen molar-refractivity contribution in [2.45, 2.75) is 45.9 Å². The minimum atomic E-state index is -0.842. The molecular weight excluding hydrogens is 385 g/mol. The van der Waals surface area contributed by atoms with Crippen LogP contribution in [0.5, 0.6) is 11.5 Å². The molecule has 0 fully saturated rings. The van der Waals surface area contributed by atoms with Gasteiger partial charge in [-0.05, 0) is 68.0 Å². The first kappa shape index (κ1) is 18.0. The first-order valence-electron chi connectivity index (χ1n) is 6.76. The second-order valence-electron chi connectivity index (χ2n) is 5.16. The molecule has 118 valence electrons. The zero-order valence-corrected chi connectivity index (χ0v) is 15.1. The summed E-state index contributed by atoms with van der Waals surface area (Å²) < 4.78 is 17.1. The highest BCUT2D eigenvalue weighted by molar-refractivity contribution is 14.1. The van der Waals surface area contributed by atoms with E-state index in [1.165, 1.54) is 7.11 Å². The molecule has 1 aromatic rings. The average Bonchev–Trinajstić information content (AvgIpc) is 2.39. The summed E-state index contributed by atoms with van der Waals surface area (Å²) in [5, 5.41) is 0. The van der Waals surface area contributed by atoms with E-state index in [0.717, 1.165) is 3.57 Å². The molecule has 2 N–H and O–H groups in total. The fraction of sp³-hybridized carbons (Fsp3) is 0.533. The van der Waals surface area contributed by atoms with Crippen molar-refractivity contribution in [2.75, 3.05) is 7.11 Å². The van der Waals surface area contributed by atoms with Crippen LogP contribution in [0.4, 0.5) is 0 Å². The van der Waals surface area contributed by atoms with Gasteiger partial charge < -0.3 is 19.9 Å². The Hall–Kier alpha value is -1.02. The van der Waals surface area contributed by atoms with Gasteiger partial charge in [-0.25, -0.2) is 0 Å². The van der Waals surface area contributed by atoms with Crippen molar-refractivity contribution in [2.24, 2.45) is 5.73 Å². The number of hydrogen-bond acceptors (Lipinski definition) is 5. The molecule has 0 heterocycles. The zero-order valence-electron chi connectivity index (χ0n) is 13.0. The fourth-order valence-corrected chi connectivity index (χ4v) is 2.47. The van der Waals surface area contributed by atoms with Crippen LogP contribution < -0.4 is 15.2 Å². The first-order valence-corrected chi connectivity index (χ1v) is 7.84. The molecule has 1 aromatic carbocycles. The third-order valence-corrected chi connectivity index (χ3v) is 3.36. The van der Waals surface area contributed by atoms with Gasteiger partial charge in [-0.1, -0.05) is 0 Å². The SMILES string of the molecule is COC(=O)[C@H](N)c1cc(I)c(OC(C)C)c(OC(C)C)c1. The number of nitrogens with two attached hydrogens (primary N) is 1. The maximum atomic E-state index is 11.6. The van der Waals surface area contributed by atoms with Gasteiger partial charge in [0.1, 0.15) is 6.04 Å². The highest BCUT2D eigenvalue weighted by Gasteiger charge is 2.21. The minimum Gasteiger partial charge on any atom is -0.487 e. The Kier molecular flexibility index (Phi) is 6.73. The van der Waals surface area contributed by atoms with Crippen LogP contribution in [0, 0.1) is 3.57 Å². The molecule has 21 heavy (non-hydrogen) atoms. The number of ether oxygens (including phenoxy) is 3. The molecule has 0 saturated heterocycles. The number of benzene rings is 1. The molecule has 6 heteroatoms. The highest BCUT2D eigenvalue weighted by atomic mass is 127. The molecule has 0 aliphatic rings. The van der Waals surface area contributed by atoms with Crippen LogP contribution in [-0.4, -0.2) is 25.3 Å². The summed E-state index contributed by atoms with van der Waals surface area (Å²) >= 11 is 2.15. The van der Waals surface area contributed by atoms with E-state index in [2.05, 4.69) is 27.3 Å². The minimum absolute atomic E-state index is 0.0140. The van der Waals surface area contributed by atoms with Crippen LogP contribution in [0.2, 0.25) is 0 Å². The van der Waals surface area contributed by atoms with Crippen molar-refractivity contribution in [3.8, 4) is 11.5 Å². The van der Waals surface area contributed by atoms with Crippen molar-refractivity contribution in [3.05, 3.63) is 21.3 Å². The van der Waals surface area contributed by atoms with Crippen LogP contribution in [0.15, 0.2) is 12.1 Å². The lowest BCUT2D eigenvalue weighted by Crippen LogP contribution is -2.23. The van der Waals surface area contributed by atoms with Gasteiger partial charge in [0.25, 0.3) is 0 Å². The Morgan fingerprint density at radius 1 is 1.14 bits per heavy atom. The third kappa shape index (κ3) is 5.03. The van der Waals surface area contributed by atoms with Gasteiger partial charge in [-0.2, -0.15) is 0 Å². The summed E-state index contributed by atoms with van der Waals surface area (Å²) in [4.78, 5) is 11.6. The van der Waals surface area contributed by atoms with E-state index in [9.17, 15) is 4.79 Å². The summed E-state index contributed by atoms with van der Waals surface area (Å²) in [7, 11) is 1.31. The van der Waals surface area contributed by atoms with Crippen molar-refractivity contribution in [1.82, 2.24) is 0 Å². The predicted octanol–water partition coefficient (Wildman–Crippen LogP) is 3.04. The van der Waals surface area contributed by atoms with Gasteiger partial charge in [-0.3, -0.25) is 4.79 Å². The molecule has 1 rings (SSSR count). The molecule has 0 bridgehead atoms. The lowest BCUT2D eigenvalue weighted by atomic mass is 10.1. The number of carbonyl (C=O) groups is 1. The summed E-state index contributed by atoms with van der Waals surface area (Å²) in [5.74, 6) is 0.763. The topological polar surface area (TPSA) is 70.8 Å². The zero-order chi connectivity index (χ0) is 16.2. The molecule has 0 amide bonds. The second-order valence-corrected chi connectivity index (χ2v) is 6.33. The Balaban J connectivity index is 3.26. The molecule has 0 spiro atoms. The van der Waals surface area contributed by atoms with Crippen LogP contribution in [0.25, 0.3) is 0 Å². The normalized spacial score (nSPS) is 12.4. The molecule has 0 saturated carbocycles. The van der Waals surface area contributed by atoms with Crippen molar-refractivity contribution in [3.63, 3.8) is 0 Å². The Labute approximate surface area is 139 Å². The standard InChI is InChI=1S/C15H22INO4/c1-8(2)20-12-7-10(13(17)15(18)19-5)6-11(16)14(12)21-9(3)4/h6-9,13H,17H2,1-5H3/t13-/m1/s1. The maximum Gasteiger partial charge on any atom is 0.327 e. The Morgan fingerprint density at radius 3 is 2.19 bits per heavy atom. The van der Waals surface area contributed by atoms with E-state index >= 15 is 0 Å². The van der Waals surface area contributed by atoms with E-state index in [4.69, 9.17) is 15.2 Å². The summed E-state index contributed by atoms with van der Waals surface area (Å²) in [6.07, 6.45) is 0.00747. The van der Waals surface area contributed by atoms with Crippen LogP contribution in [-0.2, 0) is 9.53 Å². The quantitative estimate of drug-likeness (QED) is 0.580. The molecule has 0 aromatic heterocycles. The lowest BCUT2D eigenvalue weighted by Gasteiger charge is -2.20. The molecule has 1 atom stereocenters. The van der Waals surface area contributed by atoms with Crippen molar-refractivity contribution < 1.29 is 19.0 Å². The van der Waals surface area contributed by atoms with E-state index in [0.29, 0.717) is 17.1 Å². The van der Waals surface area contributed by atoms with Gasteiger partial charge in [0.05, 0.1) is 22.9 Å². The molecule has 0 aliphatic heterocycles. The molecule has 0 radical (unpaired) electrons. The Morgan fingerprint density at radius 2 is 1.71 bits per heavy atom. The highest BCUT2D eigenvalue weighted by Crippen LogP contribution is 2.37. The smallest absolute Gasteiger partial charge is 0.327 e. The van der Waals surface area contributed by atoms with E-state index in [1.807, 2.05) is 33.8 Å². The van der Waals surface area contributed by atoms with Crippen LogP contribution >= 0.6 is 22.6 Å². The van der Waals surface area contributed by atoms with Crippen molar-refractivity contribution >= 4 is 28.6 Å². The van der Waals surface area contributed by atoms with Gasteiger partial charge in [-0.15, -0.1) is 0 Å². The number of carbonyl (C=O) groups excluding carboxylic acids is 1. The summed E-state index contributed by atoms with van der Waals surface area (Å²) in [6.45, 7) is 7.75. The maximum absolute atomic E-state index is 11.6. The lowest BCUT2D eigenvalue weighted by molar-refractivity contribution is -0.142. The Bertz CT molecular complexity index is 503. The molecule has 0 aliphatic carbocycles. The average molecular weight is 407 g/mol. The number of hydrogen-bond donors (Lipinski definition) is 1. The molecule has 0 unspecified atom stereocenters. The third-order valence-electron chi connectivity index (χ3n) is 2.56. The van der Waals surface area contributed by atoms with Gasteiger partial charge in [0.2, 0.25) is 0 Å². The second kappa shape index (κ2) is 7.84. The van der Waals surface area contributed by atoms with E-state index in [1.54, 1.807) is 6.07 Å². The van der Waals surface area contributed by atoms with E-state index < -0.39 is 12.0 Å². The molecule has 5 nitrogen and oxygen atoms in total. The number of esters is 1. The van der Waals surface area contributed by atoms with Gasteiger partial charge in [0, 0.05) is 0 Å². The first-order chi connectivity index (χ1) is 9.76. The number of halogens is 1. The van der Waals surface area contributed by atoms with Gasteiger partial charge >= 0.3 is 5.97 Å². The summed E-state index contributed by atoms with van der Waals surface area (Å²) in [5.41, 5.74) is 6.53. The fourth-order valence-electron chi connectivity index (χ4n) is 1.72. The van der Waals surface area contributed by atoms with Crippen molar-refractivity contribution in [1.29, 1.82) is 0 Å². The predicted molar refractivity (Wildman–Crippen MR) is 89.6 cm³/mol. The largest absolute Gasteiger partial charge is 0.487 e. The van der Waals surface area contributed by atoms with Gasteiger partial charge in [0.15, 0.2) is 11.5 Å².